The molecule has 1 aliphatic rings. The molecule has 0 saturated carbocycles. The van der Waals surface area contributed by atoms with E-state index in [4.69, 9.17) is 28.3 Å². The summed E-state index contributed by atoms with van der Waals surface area (Å²) in [5, 5.41) is 9.32. The number of benzene rings is 1. The van der Waals surface area contributed by atoms with Gasteiger partial charge in [-0.2, -0.15) is 0 Å². The van der Waals surface area contributed by atoms with Crippen LogP contribution in [0, 0.1) is 0 Å². The van der Waals surface area contributed by atoms with Crippen LogP contribution in [-0.2, 0) is 4.79 Å². The van der Waals surface area contributed by atoms with Crippen LogP contribution in [0.15, 0.2) is 12.1 Å². The summed E-state index contributed by atoms with van der Waals surface area (Å²) < 4.78 is 0. The number of nitrogens with zero attached hydrogens (tertiary/aromatic N) is 1. The van der Waals surface area contributed by atoms with Gasteiger partial charge in [0.1, 0.15) is 0 Å². The molecule has 1 aromatic carbocycles. The number of hydrogen-bond donors (Lipinski definition) is 1. The second-order valence-electron chi connectivity index (χ2n) is 4.68. The number of amides is 1. The SMILES string of the molecule is O=C1C(=O)N(CCCCCCO)c2c(Cl)ccc(Cl)c21. The summed E-state index contributed by atoms with van der Waals surface area (Å²) in [4.78, 5) is 25.4. The third-order valence-electron chi connectivity index (χ3n) is 3.30. The summed E-state index contributed by atoms with van der Waals surface area (Å²) in [7, 11) is 0. The molecule has 0 fully saturated rings. The van der Waals surface area contributed by atoms with Crippen molar-refractivity contribution in [2.75, 3.05) is 18.1 Å². The highest BCUT2D eigenvalue weighted by Gasteiger charge is 2.38. The molecule has 4 nitrogen and oxygen atoms in total. The Kier molecular flexibility index (Phi) is 5.02. The Morgan fingerprint density at radius 3 is 2.35 bits per heavy atom. The molecule has 108 valence electrons. The molecule has 6 heteroatoms. The lowest BCUT2D eigenvalue weighted by atomic mass is 10.1. The molecule has 0 aromatic heterocycles. The molecule has 1 aliphatic heterocycles. The molecule has 0 aliphatic carbocycles. The number of aliphatic hydroxyl groups excluding tert-OH is 1. The topological polar surface area (TPSA) is 57.6 Å². The van der Waals surface area contributed by atoms with Gasteiger partial charge >= 0.3 is 0 Å². The van der Waals surface area contributed by atoms with Crippen molar-refractivity contribution in [2.45, 2.75) is 25.7 Å². The fourth-order valence-corrected chi connectivity index (χ4v) is 2.80. The number of carbonyl (C=O) groups is 2. The van der Waals surface area contributed by atoms with Gasteiger partial charge in [0.2, 0.25) is 0 Å². The molecule has 20 heavy (non-hydrogen) atoms. The normalized spacial score (nSPS) is 14.1. The third-order valence-corrected chi connectivity index (χ3v) is 3.92. The molecule has 1 amide bonds. The van der Waals surface area contributed by atoms with E-state index in [1.54, 1.807) is 6.07 Å². The number of unbranched alkanes of at least 4 members (excludes halogenated alkanes) is 3. The Bertz CT molecular complexity index is 545. The molecular weight excluding hydrogens is 301 g/mol. The number of rotatable bonds is 6. The lowest BCUT2D eigenvalue weighted by molar-refractivity contribution is -0.114. The van der Waals surface area contributed by atoms with Gasteiger partial charge < -0.3 is 10.0 Å². The number of halogens is 2. The Balaban J connectivity index is 2.14. The van der Waals surface area contributed by atoms with E-state index in [1.807, 2.05) is 0 Å². The highest BCUT2D eigenvalue weighted by molar-refractivity contribution is 6.56. The summed E-state index contributed by atoms with van der Waals surface area (Å²) in [6.07, 6.45) is 3.27. The quantitative estimate of drug-likeness (QED) is 0.648. The average molecular weight is 316 g/mol. The highest BCUT2D eigenvalue weighted by Crippen LogP contribution is 2.40. The molecular formula is C14H15Cl2NO3. The van der Waals surface area contributed by atoms with Gasteiger partial charge in [0.25, 0.3) is 11.7 Å². The molecule has 1 N–H and O–H groups in total. The van der Waals surface area contributed by atoms with Crippen LogP contribution in [0.1, 0.15) is 36.0 Å². The molecule has 2 rings (SSSR count). The van der Waals surface area contributed by atoms with Crippen molar-refractivity contribution in [3.8, 4) is 0 Å². The van der Waals surface area contributed by atoms with E-state index in [0.29, 0.717) is 17.3 Å². The van der Waals surface area contributed by atoms with Crippen molar-refractivity contribution in [3.05, 3.63) is 27.7 Å². The van der Waals surface area contributed by atoms with Gasteiger partial charge in [0.05, 0.1) is 21.3 Å². The van der Waals surface area contributed by atoms with Crippen LogP contribution < -0.4 is 4.90 Å². The monoisotopic (exact) mass is 315 g/mol. The molecule has 0 bridgehead atoms. The van der Waals surface area contributed by atoms with Gasteiger partial charge in [-0.3, -0.25) is 9.59 Å². The molecule has 0 atom stereocenters. The van der Waals surface area contributed by atoms with Crippen molar-refractivity contribution < 1.29 is 14.7 Å². The van der Waals surface area contributed by atoms with E-state index in [2.05, 4.69) is 0 Å². The van der Waals surface area contributed by atoms with Crippen molar-refractivity contribution in [2.24, 2.45) is 0 Å². The van der Waals surface area contributed by atoms with Crippen LogP contribution in [0.25, 0.3) is 0 Å². The van der Waals surface area contributed by atoms with Crippen LogP contribution >= 0.6 is 23.2 Å². The maximum Gasteiger partial charge on any atom is 0.299 e. The first-order chi connectivity index (χ1) is 9.57. The van der Waals surface area contributed by atoms with E-state index < -0.39 is 11.7 Å². The number of ketones is 1. The van der Waals surface area contributed by atoms with Crippen molar-refractivity contribution in [1.29, 1.82) is 0 Å². The largest absolute Gasteiger partial charge is 0.396 e. The summed E-state index contributed by atoms with van der Waals surface area (Å²) in [5.41, 5.74) is 0.635. The number of aliphatic hydroxyl groups is 1. The van der Waals surface area contributed by atoms with Crippen molar-refractivity contribution in [3.63, 3.8) is 0 Å². The maximum absolute atomic E-state index is 12.0. The Labute approximate surface area is 127 Å². The fraction of sp³-hybridized carbons (Fsp3) is 0.429. The van der Waals surface area contributed by atoms with Crippen molar-refractivity contribution in [1.82, 2.24) is 0 Å². The van der Waals surface area contributed by atoms with E-state index >= 15 is 0 Å². The summed E-state index contributed by atoms with van der Waals surface area (Å²) in [5.74, 6) is -1.17. The lowest BCUT2D eigenvalue weighted by Crippen LogP contribution is -2.30. The standard InChI is InChI=1S/C14H15Cl2NO3/c15-9-5-6-10(16)12-11(9)13(19)14(20)17(12)7-3-1-2-4-8-18/h5-6,18H,1-4,7-8H2. The van der Waals surface area contributed by atoms with Gasteiger partial charge in [0, 0.05) is 13.2 Å². The Hall–Kier alpha value is -1.10. The van der Waals surface area contributed by atoms with Gasteiger partial charge in [-0.15, -0.1) is 0 Å². The number of hydrogen-bond acceptors (Lipinski definition) is 3. The van der Waals surface area contributed by atoms with Crippen molar-refractivity contribution >= 4 is 40.6 Å². The second kappa shape index (κ2) is 6.57. The Morgan fingerprint density at radius 1 is 1.00 bits per heavy atom. The van der Waals surface area contributed by atoms with Crippen LogP contribution in [0.2, 0.25) is 10.0 Å². The van der Waals surface area contributed by atoms with E-state index in [-0.39, 0.29) is 17.2 Å². The zero-order valence-electron chi connectivity index (χ0n) is 10.9. The fourth-order valence-electron chi connectivity index (χ4n) is 2.30. The first-order valence-electron chi connectivity index (χ1n) is 6.53. The average Bonchev–Trinajstić information content (AvgIpc) is 2.68. The first kappa shape index (κ1) is 15.3. The lowest BCUT2D eigenvalue weighted by Gasteiger charge is -2.17. The van der Waals surface area contributed by atoms with Gasteiger partial charge in [0.15, 0.2) is 0 Å². The number of anilines is 1. The van der Waals surface area contributed by atoms with Gasteiger partial charge in [-0.05, 0) is 25.0 Å². The first-order valence-corrected chi connectivity index (χ1v) is 7.28. The van der Waals surface area contributed by atoms with Crippen LogP contribution in [0.3, 0.4) is 0 Å². The van der Waals surface area contributed by atoms with Crippen LogP contribution in [0.4, 0.5) is 5.69 Å². The Morgan fingerprint density at radius 2 is 1.65 bits per heavy atom. The molecule has 1 aromatic rings. The summed E-state index contributed by atoms with van der Waals surface area (Å²) in [6, 6.07) is 3.12. The molecule has 0 radical (unpaired) electrons. The number of Topliss-reactive ketones (excluding diaryl/α,β-unsaturated/α-hetero) is 1. The van der Waals surface area contributed by atoms with Crippen LogP contribution in [-0.4, -0.2) is 29.9 Å². The van der Waals surface area contributed by atoms with Gasteiger partial charge in [-0.25, -0.2) is 0 Å². The van der Waals surface area contributed by atoms with E-state index in [9.17, 15) is 9.59 Å². The van der Waals surface area contributed by atoms with Gasteiger partial charge in [-0.1, -0.05) is 36.0 Å². The molecule has 0 unspecified atom stereocenters. The van der Waals surface area contributed by atoms with E-state index in [1.165, 1.54) is 11.0 Å². The number of carbonyl (C=O) groups excluding carboxylic acids is 2. The third kappa shape index (κ3) is 2.82. The minimum Gasteiger partial charge on any atom is -0.396 e. The zero-order valence-corrected chi connectivity index (χ0v) is 12.4. The summed E-state index contributed by atoms with van der Waals surface area (Å²) in [6.45, 7) is 0.606. The molecule has 1 heterocycles. The summed E-state index contributed by atoms with van der Waals surface area (Å²) >= 11 is 12.1. The maximum atomic E-state index is 12.0. The predicted octanol–water partition coefficient (Wildman–Crippen LogP) is 3.08. The van der Waals surface area contributed by atoms with Crippen LogP contribution in [0.5, 0.6) is 0 Å². The minimum atomic E-state index is -0.595. The predicted molar refractivity (Wildman–Crippen MR) is 78.7 cm³/mol. The molecule has 0 saturated heterocycles. The zero-order chi connectivity index (χ0) is 14.7. The van der Waals surface area contributed by atoms with E-state index in [0.717, 1.165) is 25.7 Å². The smallest absolute Gasteiger partial charge is 0.299 e. The minimum absolute atomic E-state index is 0.172. The second-order valence-corrected chi connectivity index (χ2v) is 5.49. The molecule has 0 spiro atoms. The highest BCUT2D eigenvalue weighted by atomic mass is 35.5. The number of fused-ring (bicyclic) bond motifs is 1.